The van der Waals surface area contributed by atoms with E-state index in [0.29, 0.717) is 6.07 Å². The van der Waals surface area contributed by atoms with Gasteiger partial charge in [-0.15, -0.1) is 29.1 Å². The average molecular weight is 1060 g/mol. The van der Waals surface area contributed by atoms with Crippen molar-refractivity contribution in [1.29, 1.82) is 0 Å². The molecule has 0 radical (unpaired) electrons. The maximum absolute atomic E-state index is 14.6. The first-order valence-corrected chi connectivity index (χ1v) is 24.8. The summed E-state index contributed by atoms with van der Waals surface area (Å²) < 4.78 is 151. The van der Waals surface area contributed by atoms with Gasteiger partial charge >= 0.3 is 6.08 Å². The Kier molecular flexibility index (Phi) is 17.8. The van der Waals surface area contributed by atoms with E-state index in [2.05, 4.69) is 69.8 Å². The molecule has 0 unspecified atom stereocenters. The number of halogens is 1. The van der Waals surface area contributed by atoms with Gasteiger partial charge in [0.25, 0.3) is 20.2 Å². The van der Waals surface area contributed by atoms with Gasteiger partial charge < -0.3 is 22.1 Å². The van der Waals surface area contributed by atoms with Gasteiger partial charge in [0.05, 0.1) is 34.5 Å². The Labute approximate surface area is 384 Å². The van der Waals surface area contributed by atoms with Crippen molar-refractivity contribution in [2.45, 2.75) is 19.6 Å². The summed E-state index contributed by atoms with van der Waals surface area (Å²) in [6, 6.07) is 11.6. The molecule has 30 nitrogen and oxygen atoms in total. The SMILES string of the molecule is Nc1nc(N)c(/N=N/c2ccc(S(=O)(=O)CCOSOOO)cc2S(=O)(=O)O)cc1/N=N/c1cc(Nc2nc(F)nc(Nc3ccc(S(=O)(=O)CCOSOOO)cc3)n2)ccc1S(=O)(=O)O. The van der Waals surface area contributed by atoms with Crippen LogP contribution < -0.4 is 22.1 Å². The molecule has 37 heteroatoms. The molecule has 0 aliphatic heterocycles. The van der Waals surface area contributed by atoms with Crippen LogP contribution in [-0.2, 0) is 67.0 Å². The van der Waals surface area contributed by atoms with E-state index in [1.54, 1.807) is 0 Å². The largest absolute Gasteiger partial charge is 0.382 e. The second-order valence-electron chi connectivity index (χ2n) is 12.2. The van der Waals surface area contributed by atoms with Crippen molar-refractivity contribution in [3.63, 3.8) is 0 Å². The van der Waals surface area contributed by atoms with E-state index in [1.807, 2.05) is 0 Å². The number of hydrogen-bond donors (Lipinski definition) is 8. The number of sulfone groups is 2. The van der Waals surface area contributed by atoms with Crippen LogP contribution >= 0.6 is 24.6 Å². The molecule has 0 saturated heterocycles. The minimum atomic E-state index is -5.14. The molecule has 2 aromatic heterocycles. The lowest BCUT2D eigenvalue weighted by atomic mass is 10.3. The minimum absolute atomic E-state index is 0.0493. The highest BCUT2D eigenvalue weighted by molar-refractivity contribution is 7.92. The van der Waals surface area contributed by atoms with Crippen LogP contribution in [0, 0.1) is 6.08 Å². The zero-order valence-electron chi connectivity index (χ0n) is 32.7. The molecular formula is C30H29FN12O18S6. The molecule has 360 valence electrons. The van der Waals surface area contributed by atoms with Crippen molar-refractivity contribution in [2.24, 2.45) is 20.5 Å². The second kappa shape index (κ2) is 22.8. The predicted octanol–water partition coefficient (Wildman–Crippen LogP) is 4.93. The third-order valence-corrected chi connectivity index (χ3v) is 13.7. The molecule has 0 amide bonds. The molecule has 0 fully saturated rings. The van der Waals surface area contributed by atoms with Crippen LogP contribution in [0.5, 0.6) is 0 Å². The zero-order chi connectivity index (χ0) is 49.0. The summed E-state index contributed by atoms with van der Waals surface area (Å²) in [5.74, 6) is -2.80. The fourth-order valence-corrected chi connectivity index (χ4v) is 9.06. The molecule has 0 saturated carbocycles. The van der Waals surface area contributed by atoms with E-state index in [-0.39, 0.29) is 64.8 Å². The van der Waals surface area contributed by atoms with Gasteiger partial charge in [-0.25, -0.2) is 32.3 Å². The molecule has 0 spiro atoms. The Morgan fingerprint density at radius 1 is 0.567 bits per heavy atom. The summed E-state index contributed by atoms with van der Waals surface area (Å²) in [5, 5.41) is 43.3. The minimum Gasteiger partial charge on any atom is -0.382 e. The summed E-state index contributed by atoms with van der Waals surface area (Å²) >= 11 is 0.311. The molecular weight excluding hydrogens is 1030 g/mol. The maximum atomic E-state index is 14.6. The average Bonchev–Trinajstić information content (AvgIpc) is 3.25. The van der Waals surface area contributed by atoms with Crippen LogP contribution in [0.15, 0.2) is 107 Å². The summed E-state index contributed by atoms with van der Waals surface area (Å²) in [7, 11) is -18.2. The number of azo groups is 2. The predicted molar refractivity (Wildman–Crippen MR) is 228 cm³/mol. The summed E-state index contributed by atoms with van der Waals surface area (Å²) in [6.07, 6.45) is -1.29. The van der Waals surface area contributed by atoms with E-state index in [1.165, 1.54) is 24.3 Å². The molecule has 2 heterocycles. The third kappa shape index (κ3) is 15.1. The van der Waals surface area contributed by atoms with E-state index in [4.69, 9.17) is 30.3 Å². The highest BCUT2D eigenvalue weighted by Gasteiger charge is 2.23. The maximum Gasteiger partial charge on any atom is 0.315 e. The summed E-state index contributed by atoms with van der Waals surface area (Å²) in [5.41, 5.74) is 10.2. The molecule has 3 aromatic carbocycles. The highest BCUT2D eigenvalue weighted by Crippen LogP contribution is 2.36. The molecule has 0 atom stereocenters. The number of nitrogens with one attached hydrogen (secondary N) is 2. The van der Waals surface area contributed by atoms with Gasteiger partial charge in [-0.3, -0.25) is 17.5 Å². The lowest BCUT2D eigenvalue weighted by Gasteiger charge is -2.10. The van der Waals surface area contributed by atoms with Crippen molar-refractivity contribution in [1.82, 2.24) is 19.9 Å². The lowest BCUT2D eigenvalue weighted by Crippen LogP contribution is -2.12. The Morgan fingerprint density at radius 2 is 1.04 bits per heavy atom. The number of nitrogens with two attached hydrogens (primary N) is 2. The van der Waals surface area contributed by atoms with E-state index in [9.17, 15) is 47.2 Å². The van der Waals surface area contributed by atoms with E-state index in [0.717, 1.165) is 36.4 Å². The first kappa shape index (κ1) is 52.2. The second-order valence-corrected chi connectivity index (χ2v) is 20.2. The van der Waals surface area contributed by atoms with Crippen LogP contribution in [0.3, 0.4) is 0 Å². The first-order chi connectivity index (χ1) is 31.6. The fourth-order valence-electron chi connectivity index (χ4n) is 4.89. The van der Waals surface area contributed by atoms with Crippen LogP contribution in [0.1, 0.15) is 0 Å². The molecule has 0 aliphatic rings. The van der Waals surface area contributed by atoms with Gasteiger partial charge in [0.1, 0.15) is 32.5 Å². The molecule has 5 aromatic rings. The van der Waals surface area contributed by atoms with E-state index < -0.39 is 108 Å². The molecule has 67 heavy (non-hydrogen) atoms. The summed E-state index contributed by atoms with van der Waals surface area (Å²) in [4.78, 5) is 12.5. The Hall–Kier alpha value is -5.75. The summed E-state index contributed by atoms with van der Waals surface area (Å²) in [6.45, 7) is -0.836. The number of nitrogen functional groups attached to an aromatic ring is 2. The highest BCUT2D eigenvalue weighted by atomic mass is 32.2. The standard InChI is InChI=1S/C30H29FN12O18S6/c31-28-37-29(34-16-1-4-18(5-2-16)64(46,47)11-9-56-62-60-58-44)39-30(38-28)35-17-3-8-24(66(50,51)52)21(13-17)41-43-23-15-22(26(32)36-27(23)33)42-40-20-7-6-19(14-25(20)67(53,54)55)65(48,49)12-10-57-63-61-59-45/h1-8,13-15,44-45H,9-12H2,(H4,32,33,36)(H,50,51,52)(H,53,54,55)(H2,34,35,37,38,39)/b42-40+,43-41+. The van der Waals surface area contributed by atoms with Gasteiger partial charge in [-0.05, 0) is 60.7 Å². The van der Waals surface area contributed by atoms with Crippen molar-refractivity contribution >= 4 is 122 Å². The number of aromatic nitrogens is 4. The van der Waals surface area contributed by atoms with Crippen molar-refractivity contribution < 1.29 is 84.8 Å². The number of pyridine rings is 1. The molecule has 0 aliphatic carbocycles. The monoisotopic (exact) mass is 1060 g/mol. The van der Waals surface area contributed by atoms with Crippen LogP contribution in [0.25, 0.3) is 0 Å². The fraction of sp³-hybridized carbons (Fsp3) is 0.133. The first-order valence-electron chi connectivity index (χ1n) is 17.3. The third-order valence-electron chi connectivity index (χ3n) is 7.79. The van der Waals surface area contributed by atoms with Crippen molar-refractivity contribution in [2.75, 3.05) is 46.8 Å². The lowest BCUT2D eigenvalue weighted by molar-refractivity contribution is -0.434. The van der Waals surface area contributed by atoms with E-state index >= 15 is 0 Å². The Bertz CT molecular complexity index is 3110. The van der Waals surface area contributed by atoms with Gasteiger partial charge in [0.2, 0.25) is 11.9 Å². The van der Waals surface area contributed by atoms with Gasteiger partial charge in [0.15, 0.2) is 56.0 Å². The van der Waals surface area contributed by atoms with Crippen LogP contribution in [0.4, 0.5) is 62.0 Å². The quantitative estimate of drug-likeness (QED) is 0.0101. The van der Waals surface area contributed by atoms with Crippen molar-refractivity contribution in [3.05, 3.63) is 72.8 Å². The Morgan fingerprint density at radius 3 is 1.58 bits per heavy atom. The smallest absolute Gasteiger partial charge is 0.315 e. The molecule has 0 bridgehead atoms. The number of benzene rings is 3. The van der Waals surface area contributed by atoms with Crippen molar-refractivity contribution in [3.8, 4) is 0 Å². The number of nitrogens with zero attached hydrogens (tertiary/aromatic N) is 8. The van der Waals surface area contributed by atoms with Gasteiger partial charge in [0, 0.05) is 17.4 Å². The number of hydrogen-bond acceptors (Lipinski definition) is 30. The molecule has 10 N–H and O–H groups in total. The topological polar surface area (TPSA) is 450 Å². The molecule has 5 rings (SSSR count). The van der Waals surface area contributed by atoms with Gasteiger partial charge in [-0.2, -0.15) is 36.2 Å². The van der Waals surface area contributed by atoms with Gasteiger partial charge in [-0.1, -0.05) is 10.1 Å². The number of anilines is 6. The van der Waals surface area contributed by atoms with Crippen LogP contribution in [0.2, 0.25) is 0 Å². The zero-order valence-corrected chi connectivity index (χ0v) is 37.6. The normalized spacial score (nSPS) is 12.6. The Balaban J connectivity index is 1.36. The van der Waals surface area contributed by atoms with Crippen LogP contribution in [-0.4, -0.2) is 97.9 Å². The number of rotatable bonds is 24.